The van der Waals surface area contributed by atoms with Gasteiger partial charge in [0, 0.05) is 31.0 Å². The van der Waals surface area contributed by atoms with E-state index in [1.54, 1.807) is 36.8 Å². The average molecular weight is 304 g/mol. The first-order chi connectivity index (χ1) is 10.1. The Labute approximate surface area is 127 Å². The van der Waals surface area contributed by atoms with Crippen molar-refractivity contribution >= 4 is 23.1 Å². The molecule has 0 bridgehead atoms. The van der Waals surface area contributed by atoms with Crippen molar-refractivity contribution < 1.29 is 9.53 Å². The molecule has 21 heavy (non-hydrogen) atoms. The third kappa shape index (κ3) is 4.88. The molecule has 1 heterocycles. The fourth-order valence-electron chi connectivity index (χ4n) is 1.66. The van der Waals surface area contributed by atoms with Crippen LogP contribution in [-0.4, -0.2) is 33.6 Å². The predicted octanol–water partition coefficient (Wildman–Crippen LogP) is 0.712. The van der Waals surface area contributed by atoms with Gasteiger partial charge in [0.1, 0.15) is 10.7 Å². The van der Waals surface area contributed by atoms with Crippen molar-refractivity contribution in [1.29, 1.82) is 0 Å². The summed E-state index contributed by atoms with van der Waals surface area (Å²) in [5, 5.41) is 2.77. The SMILES string of the molecule is NC(=S)c1ccc(OCC(=O)NCCn2ccnc2)cc1. The molecule has 0 aliphatic heterocycles. The van der Waals surface area contributed by atoms with Crippen LogP contribution in [0.15, 0.2) is 43.0 Å². The van der Waals surface area contributed by atoms with Gasteiger partial charge in [-0.05, 0) is 24.3 Å². The minimum absolute atomic E-state index is 0.0314. The lowest BCUT2D eigenvalue weighted by Gasteiger charge is -2.08. The minimum Gasteiger partial charge on any atom is -0.484 e. The van der Waals surface area contributed by atoms with Crippen molar-refractivity contribution in [2.75, 3.05) is 13.2 Å². The molecule has 2 rings (SSSR count). The zero-order chi connectivity index (χ0) is 15.1. The first kappa shape index (κ1) is 15.0. The first-order valence-electron chi connectivity index (χ1n) is 6.40. The van der Waals surface area contributed by atoms with Gasteiger partial charge in [-0.3, -0.25) is 4.79 Å². The molecule has 1 amide bonds. The monoisotopic (exact) mass is 304 g/mol. The quantitative estimate of drug-likeness (QED) is 0.736. The summed E-state index contributed by atoms with van der Waals surface area (Å²) in [6, 6.07) is 6.98. The number of hydrogen-bond donors (Lipinski definition) is 2. The van der Waals surface area contributed by atoms with Gasteiger partial charge in [-0.2, -0.15) is 0 Å². The molecule has 0 fully saturated rings. The van der Waals surface area contributed by atoms with Gasteiger partial charge in [-0.25, -0.2) is 4.98 Å². The normalized spacial score (nSPS) is 10.1. The summed E-state index contributed by atoms with van der Waals surface area (Å²) in [6.07, 6.45) is 5.24. The van der Waals surface area contributed by atoms with Crippen LogP contribution in [0.2, 0.25) is 0 Å². The van der Waals surface area contributed by atoms with E-state index in [1.165, 1.54) is 0 Å². The van der Waals surface area contributed by atoms with Gasteiger partial charge in [-0.1, -0.05) is 12.2 Å². The van der Waals surface area contributed by atoms with Crippen LogP contribution in [0.1, 0.15) is 5.56 Å². The van der Waals surface area contributed by atoms with Crippen LogP contribution in [0.5, 0.6) is 5.75 Å². The van der Waals surface area contributed by atoms with Crippen LogP contribution < -0.4 is 15.8 Å². The maximum Gasteiger partial charge on any atom is 0.258 e. The molecule has 2 aromatic rings. The third-order valence-corrected chi connectivity index (χ3v) is 3.00. The second-order valence-corrected chi connectivity index (χ2v) is 4.77. The summed E-state index contributed by atoms with van der Waals surface area (Å²) in [4.78, 5) is 15.9. The molecular weight excluding hydrogens is 288 g/mol. The highest BCUT2D eigenvalue weighted by atomic mass is 32.1. The Balaban J connectivity index is 1.69. The second-order valence-electron chi connectivity index (χ2n) is 4.33. The standard InChI is InChI=1S/C14H16N4O2S/c15-14(21)11-1-3-12(4-2-11)20-9-13(19)17-6-8-18-7-5-16-10-18/h1-5,7,10H,6,8-9H2,(H2,15,21)(H,17,19). The molecule has 1 aromatic carbocycles. The van der Waals surface area contributed by atoms with Gasteiger partial charge >= 0.3 is 0 Å². The smallest absolute Gasteiger partial charge is 0.258 e. The summed E-state index contributed by atoms with van der Waals surface area (Å²) < 4.78 is 7.26. The number of aromatic nitrogens is 2. The summed E-state index contributed by atoms with van der Waals surface area (Å²) in [5.74, 6) is 0.424. The number of nitrogens with zero attached hydrogens (tertiary/aromatic N) is 2. The first-order valence-corrected chi connectivity index (χ1v) is 6.81. The third-order valence-electron chi connectivity index (χ3n) is 2.76. The summed E-state index contributed by atoms with van der Waals surface area (Å²) >= 11 is 4.86. The van der Waals surface area contributed by atoms with E-state index >= 15 is 0 Å². The van der Waals surface area contributed by atoms with Crippen LogP contribution in [0.3, 0.4) is 0 Å². The largest absolute Gasteiger partial charge is 0.484 e. The Bertz CT molecular complexity index is 596. The van der Waals surface area contributed by atoms with Crippen molar-refractivity contribution in [3.63, 3.8) is 0 Å². The molecular formula is C14H16N4O2S. The van der Waals surface area contributed by atoms with E-state index in [2.05, 4.69) is 10.3 Å². The molecule has 6 nitrogen and oxygen atoms in total. The molecule has 3 N–H and O–H groups in total. The number of carbonyl (C=O) groups excluding carboxylic acids is 1. The molecule has 0 aliphatic rings. The van der Waals surface area contributed by atoms with Gasteiger partial charge in [0.05, 0.1) is 6.33 Å². The van der Waals surface area contributed by atoms with E-state index in [0.29, 0.717) is 23.8 Å². The Hall–Kier alpha value is -2.41. The van der Waals surface area contributed by atoms with E-state index in [-0.39, 0.29) is 12.5 Å². The highest BCUT2D eigenvalue weighted by molar-refractivity contribution is 7.80. The zero-order valence-electron chi connectivity index (χ0n) is 11.4. The Morgan fingerprint density at radius 3 is 2.76 bits per heavy atom. The number of nitrogens with one attached hydrogen (secondary N) is 1. The predicted molar refractivity (Wildman–Crippen MR) is 83.1 cm³/mol. The maximum absolute atomic E-state index is 11.6. The zero-order valence-corrected chi connectivity index (χ0v) is 12.2. The number of carbonyl (C=O) groups is 1. The van der Waals surface area contributed by atoms with E-state index in [9.17, 15) is 4.79 Å². The number of ether oxygens (including phenoxy) is 1. The maximum atomic E-state index is 11.6. The summed E-state index contributed by atoms with van der Waals surface area (Å²) in [5.41, 5.74) is 6.27. The Morgan fingerprint density at radius 1 is 1.38 bits per heavy atom. The summed E-state index contributed by atoms with van der Waals surface area (Å²) in [6.45, 7) is 1.17. The lowest BCUT2D eigenvalue weighted by atomic mass is 10.2. The van der Waals surface area contributed by atoms with Crippen molar-refractivity contribution in [3.8, 4) is 5.75 Å². The summed E-state index contributed by atoms with van der Waals surface area (Å²) in [7, 11) is 0. The van der Waals surface area contributed by atoms with Gasteiger partial charge in [0.25, 0.3) is 5.91 Å². The van der Waals surface area contributed by atoms with Gasteiger partial charge < -0.3 is 20.4 Å². The fourth-order valence-corrected chi connectivity index (χ4v) is 1.79. The van der Waals surface area contributed by atoms with E-state index in [1.807, 2.05) is 10.8 Å². The second kappa shape index (κ2) is 7.39. The van der Waals surface area contributed by atoms with E-state index in [0.717, 1.165) is 5.56 Å². The molecule has 0 spiro atoms. The number of nitrogens with two attached hydrogens (primary N) is 1. The number of benzene rings is 1. The molecule has 0 aliphatic carbocycles. The average Bonchev–Trinajstić information content (AvgIpc) is 2.99. The molecule has 0 radical (unpaired) electrons. The Morgan fingerprint density at radius 2 is 2.14 bits per heavy atom. The lowest BCUT2D eigenvalue weighted by Crippen LogP contribution is -2.31. The van der Waals surface area contributed by atoms with Crippen LogP contribution >= 0.6 is 12.2 Å². The van der Waals surface area contributed by atoms with Crippen LogP contribution in [0.25, 0.3) is 0 Å². The molecule has 7 heteroatoms. The number of amides is 1. The number of imidazole rings is 1. The van der Waals surface area contributed by atoms with Gasteiger partial charge in [0.2, 0.25) is 0 Å². The minimum atomic E-state index is -0.173. The number of hydrogen-bond acceptors (Lipinski definition) is 4. The lowest BCUT2D eigenvalue weighted by molar-refractivity contribution is -0.123. The number of thiocarbonyl (C=S) groups is 1. The van der Waals surface area contributed by atoms with Crippen LogP contribution in [0.4, 0.5) is 0 Å². The van der Waals surface area contributed by atoms with Crippen molar-refractivity contribution in [3.05, 3.63) is 48.5 Å². The topological polar surface area (TPSA) is 82.2 Å². The van der Waals surface area contributed by atoms with Gasteiger partial charge in [-0.15, -0.1) is 0 Å². The highest BCUT2D eigenvalue weighted by Crippen LogP contribution is 2.11. The molecule has 110 valence electrons. The fraction of sp³-hybridized carbons (Fsp3) is 0.214. The Kier molecular flexibility index (Phi) is 5.28. The number of rotatable bonds is 7. The molecule has 0 saturated heterocycles. The van der Waals surface area contributed by atoms with Crippen LogP contribution in [-0.2, 0) is 11.3 Å². The van der Waals surface area contributed by atoms with E-state index < -0.39 is 0 Å². The van der Waals surface area contributed by atoms with Gasteiger partial charge in [0.15, 0.2) is 6.61 Å². The molecule has 0 unspecified atom stereocenters. The highest BCUT2D eigenvalue weighted by Gasteiger charge is 2.03. The van der Waals surface area contributed by atoms with Crippen molar-refractivity contribution in [2.24, 2.45) is 5.73 Å². The molecule has 0 saturated carbocycles. The molecule has 0 atom stereocenters. The van der Waals surface area contributed by atoms with E-state index in [4.69, 9.17) is 22.7 Å². The van der Waals surface area contributed by atoms with Crippen LogP contribution in [0, 0.1) is 0 Å². The molecule has 1 aromatic heterocycles. The van der Waals surface area contributed by atoms with Crippen molar-refractivity contribution in [2.45, 2.75) is 6.54 Å². The van der Waals surface area contributed by atoms with Crippen molar-refractivity contribution in [1.82, 2.24) is 14.9 Å².